The smallest absolute Gasteiger partial charge is 0.231 e. The first-order chi connectivity index (χ1) is 13.3. The van der Waals surface area contributed by atoms with E-state index in [1.165, 1.54) is 0 Å². The zero-order valence-electron chi connectivity index (χ0n) is 14.8. The Kier molecular flexibility index (Phi) is 4.49. The fourth-order valence-corrected chi connectivity index (χ4v) is 4.33. The topological polar surface area (TPSA) is 66.4 Å². The van der Waals surface area contributed by atoms with Crippen LogP contribution in [0.2, 0.25) is 0 Å². The summed E-state index contributed by atoms with van der Waals surface area (Å²) >= 11 is 0. The summed E-state index contributed by atoms with van der Waals surface area (Å²) in [6.45, 7) is 1.05. The fourth-order valence-electron chi connectivity index (χ4n) is 4.33. The lowest BCUT2D eigenvalue weighted by Crippen LogP contribution is -2.26. The van der Waals surface area contributed by atoms with E-state index in [1.54, 1.807) is 0 Å². The van der Waals surface area contributed by atoms with Crippen molar-refractivity contribution in [2.75, 3.05) is 26.6 Å². The van der Waals surface area contributed by atoms with Crippen molar-refractivity contribution in [2.45, 2.75) is 18.5 Å². The molecule has 0 bridgehead atoms. The van der Waals surface area contributed by atoms with Gasteiger partial charge in [-0.05, 0) is 23.3 Å². The molecule has 2 saturated heterocycles. The molecule has 5 atom stereocenters. The monoisotopic (exact) mass is 370 g/mol. The maximum Gasteiger partial charge on any atom is 0.231 e. The lowest BCUT2D eigenvalue weighted by Gasteiger charge is -2.23. The molecule has 0 aromatic heterocycles. The zero-order valence-corrected chi connectivity index (χ0v) is 14.8. The van der Waals surface area contributed by atoms with Crippen molar-refractivity contribution < 1.29 is 28.8 Å². The molecule has 2 aromatic rings. The van der Waals surface area contributed by atoms with Crippen LogP contribution in [0.1, 0.15) is 23.3 Å². The van der Waals surface area contributed by atoms with Crippen LogP contribution in [0.3, 0.4) is 0 Å². The first-order valence-corrected chi connectivity index (χ1v) is 9.29. The number of hydrogen-bond donors (Lipinski definition) is 1. The molecule has 0 saturated carbocycles. The minimum Gasteiger partial charge on any atom is -0.454 e. The molecule has 3 aliphatic rings. The van der Waals surface area contributed by atoms with Gasteiger partial charge in [0.2, 0.25) is 6.79 Å². The second-order valence-electron chi connectivity index (χ2n) is 7.04. The molecule has 5 rings (SSSR count). The normalized spacial score (nSPS) is 31.2. The lowest BCUT2D eigenvalue weighted by atomic mass is 9.84. The highest BCUT2D eigenvalue weighted by Crippen LogP contribution is 2.54. The molecule has 3 heterocycles. The molecule has 2 aromatic carbocycles. The molecule has 6 heteroatoms. The van der Waals surface area contributed by atoms with Gasteiger partial charge in [0.15, 0.2) is 17.8 Å². The molecule has 0 amide bonds. The van der Waals surface area contributed by atoms with Crippen LogP contribution in [0.5, 0.6) is 11.5 Å². The SMILES string of the molecule is OCCO[C@@H]1O[C@@H](c2ccccc2)[C@H]2CO[C@@H](c3ccc4c(c3)OCO4)[C@@H]12. The van der Waals surface area contributed by atoms with Crippen LogP contribution in [-0.4, -0.2) is 38.0 Å². The van der Waals surface area contributed by atoms with Crippen LogP contribution in [0, 0.1) is 11.8 Å². The summed E-state index contributed by atoms with van der Waals surface area (Å²) in [7, 11) is 0. The fraction of sp³-hybridized carbons (Fsp3) is 0.429. The van der Waals surface area contributed by atoms with E-state index in [9.17, 15) is 5.11 Å². The quantitative estimate of drug-likeness (QED) is 0.873. The summed E-state index contributed by atoms with van der Waals surface area (Å²) in [6.07, 6.45) is -0.661. The summed E-state index contributed by atoms with van der Waals surface area (Å²) in [5.41, 5.74) is 2.15. The number of fused-ring (bicyclic) bond motifs is 2. The number of rotatable bonds is 5. The van der Waals surface area contributed by atoms with Crippen molar-refractivity contribution in [3.8, 4) is 11.5 Å². The number of aliphatic hydroxyl groups is 1. The van der Waals surface area contributed by atoms with E-state index in [1.807, 2.05) is 36.4 Å². The molecule has 1 N–H and O–H groups in total. The molecule has 27 heavy (non-hydrogen) atoms. The van der Waals surface area contributed by atoms with Gasteiger partial charge in [0.1, 0.15) is 0 Å². The number of aliphatic hydroxyl groups excluding tert-OH is 1. The third-order valence-electron chi connectivity index (χ3n) is 5.52. The molecule has 0 unspecified atom stereocenters. The summed E-state index contributed by atoms with van der Waals surface area (Å²) in [5.74, 6) is 1.73. The maximum atomic E-state index is 9.20. The molecule has 2 fully saturated rings. The van der Waals surface area contributed by atoms with Crippen LogP contribution in [0.15, 0.2) is 48.5 Å². The first-order valence-electron chi connectivity index (χ1n) is 9.29. The zero-order chi connectivity index (χ0) is 18.2. The highest BCUT2D eigenvalue weighted by molar-refractivity contribution is 5.45. The van der Waals surface area contributed by atoms with Crippen molar-refractivity contribution in [2.24, 2.45) is 11.8 Å². The molecular formula is C21H22O6. The van der Waals surface area contributed by atoms with Crippen molar-refractivity contribution >= 4 is 0 Å². The predicted molar refractivity (Wildman–Crippen MR) is 95.3 cm³/mol. The van der Waals surface area contributed by atoms with Crippen LogP contribution in [-0.2, 0) is 14.2 Å². The van der Waals surface area contributed by atoms with Gasteiger partial charge in [-0.15, -0.1) is 0 Å². The Hall–Kier alpha value is -2.12. The largest absolute Gasteiger partial charge is 0.454 e. The Morgan fingerprint density at radius 2 is 1.81 bits per heavy atom. The van der Waals surface area contributed by atoms with Gasteiger partial charge in [-0.1, -0.05) is 36.4 Å². The molecule has 0 spiro atoms. The Labute approximate surface area is 157 Å². The predicted octanol–water partition coefficient (Wildman–Crippen LogP) is 2.83. The van der Waals surface area contributed by atoms with Gasteiger partial charge in [-0.25, -0.2) is 0 Å². The second kappa shape index (κ2) is 7.13. The van der Waals surface area contributed by atoms with E-state index in [0.717, 1.165) is 22.6 Å². The van der Waals surface area contributed by atoms with Crippen LogP contribution < -0.4 is 9.47 Å². The summed E-state index contributed by atoms with van der Waals surface area (Å²) in [4.78, 5) is 0. The van der Waals surface area contributed by atoms with Gasteiger partial charge in [0.25, 0.3) is 0 Å². The average molecular weight is 370 g/mol. The van der Waals surface area contributed by atoms with E-state index in [4.69, 9.17) is 23.7 Å². The van der Waals surface area contributed by atoms with E-state index < -0.39 is 6.29 Å². The van der Waals surface area contributed by atoms with Gasteiger partial charge in [0.05, 0.1) is 32.0 Å². The third kappa shape index (κ3) is 2.99. The minimum atomic E-state index is -0.426. The summed E-state index contributed by atoms with van der Waals surface area (Å²) in [6, 6.07) is 16.1. The minimum absolute atomic E-state index is 0.0389. The molecule has 0 aliphatic carbocycles. The van der Waals surface area contributed by atoms with E-state index in [0.29, 0.717) is 6.61 Å². The number of ether oxygens (including phenoxy) is 5. The van der Waals surface area contributed by atoms with E-state index in [-0.39, 0.29) is 44.1 Å². The van der Waals surface area contributed by atoms with Gasteiger partial charge in [0, 0.05) is 11.8 Å². The van der Waals surface area contributed by atoms with Crippen LogP contribution >= 0.6 is 0 Å². The van der Waals surface area contributed by atoms with Crippen LogP contribution in [0.25, 0.3) is 0 Å². The van der Waals surface area contributed by atoms with Crippen molar-refractivity contribution in [3.63, 3.8) is 0 Å². The molecule has 3 aliphatic heterocycles. The lowest BCUT2D eigenvalue weighted by molar-refractivity contribution is -0.172. The molecule has 6 nitrogen and oxygen atoms in total. The highest BCUT2D eigenvalue weighted by atomic mass is 16.7. The van der Waals surface area contributed by atoms with Crippen LogP contribution in [0.4, 0.5) is 0 Å². The van der Waals surface area contributed by atoms with Crippen molar-refractivity contribution in [3.05, 3.63) is 59.7 Å². The second-order valence-corrected chi connectivity index (χ2v) is 7.04. The van der Waals surface area contributed by atoms with E-state index >= 15 is 0 Å². The van der Waals surface area contributed by atoms with E-state index in [2.05, 4.69) is 12.1 Å². The maximum absolute atomic E-state index is 9.20. The number of hydrogen-bond acceptors (Lipinski definition) is 6. The Balaban J connectivity index is 1.45. The standard InChI is InChI=1S/C21H22O6/c22-8-9-23-21-18-15(19(27-21)13-4-2-1-3-5-13)11-24-20(18)14-6-7-16-17(10-14)26-12-25-16/h1-7,10,15,18-22H,8-9,11-12H2/t15-,18-,19-,20-,21+/m0/s1. The Morgan fingerprint density at radius 3 is 2.67 bits per heavy atom. The Morgan fingerprint density at radius 1 is 0.963 bits per heavy atom. The van der Waals surface area contributed by atoms with Gasteiger partial charge < -0.3 is 28.8 Å². The first kappa shape index (κ1) is 17.0. The third-order valence-corrected chi connectivity index (χ3v) is 5.52. The summed E-state index contributed by atoms with van der Waals surface area (Å²) in [5, 5.41) is 9.20. The van der Waals surface area contributed by atoms with Crippen molar-refractivity contribution in [1.29, 1.82) is 0 Å². The van der Waals surface area contributed by atoms with Gasteiger partial charge >= 0.3 is 0 Å². The molecular weight excluding hydrogens is 348 g/mol. The highest BCUT2D eigenvalue weighted by Gasteiger charge is 2.54. The molecule has 0 radical (unpaired) electrons. The number of benzene rings is 2. The molecule has 142 valence electrons. The summed E-state index contributed by atoms with van der Waals surface area (Å²) < 4.78 is 29.3. The Bertz CT molecular complexity index is 795. The van der Waals surface area contributed by atoms with Gasteiger partial charge in [-0.2, -0.15) is 0 Å². The van der Waals surface area contributed by atoms with Crippen molar-refractivity contribution in [1.82, 2.24) is 0 Å². The van der Waals surface area contributed by atoms with Gasteiger partial charge in [-0.3, -0.25) is 0 Å². The average Bonchev–Trinajstić information content (AvgIpc) is 3.42.